The topological polar surface area (TPSA) is 70.6 Å². The number of anilines is 1. The lowest BCUT2D eigenvalue weighted by atomic mass is 9.81. The highest BCUT2D eigenvalue weighted by molar-refractivity contribution is 5.83. The first kappa shape index (κ1) is 24.2. The molecule has 10 heteroatoms. The molecule has 1 unspecified atom stereocenters. The van der Waals surface area contributed by atoms with E-state index < -0.39 is 11.9 Å². The van der Waals surface area contributed by atoms with Gasteiger partial charge in [-0.05, 0) is 44.1 Å². The molecule has 0 aromatic carbocycles. The average molecular weight is 470 g/mol. The molecule has 4 rings (SSSR count). The third kappa shape index (κ3) is 5.26. The van der Waals surface area contributed by atoms with Crippen LogP contribution in [0, 0.1) is 11.3 Å². The summed E-state index contributed by atoms with van der Waals surface area (Å²) in [7, 11) is 0. The van der Waals surface area contributed by atoms with E-state index in [-0.39, 0.29) is 17.3 Å². The van der Waals surface area contributed by atoms with Crippen LogP contribution in [0.2, 0.25) is 0 Å². The first-order chi connectivity index (χ1) is 15.7. The maximum atomic E-state index is 13.6. The van der Waals surface area contributed by atoms with Gasteiger partial charge in [-0.1, -0.05) is 13.8 Å². The summed E-state index contributed by atoms with van der Waals surface area (Å²) < 4.78 is 44.5. The van der Waals surface area contributed by atoms with E-state index in [1.165, 1.54) is 0 Å². The van der Waals surface area contributed by atoms with E-state index >= 15 is 0 Å². The number of alkyl halides is 3. The number of halogens is 3. The Morgan fingerprint density at radius 3 is 2.70 bits per heavy atom. The second-order valence-electron chi connectivity index (χ2n) is 9.71. The van der Waals surface area contributed by atoms with E-state index in [4.69, 9.17) is 4.74 Å². The van der Waals surface area contributed by atoms with Gasteiger partial charge in [0.1, 0.15) is 5.69 Å². The summed E-state index contributed by atoms with van der Waals surface area (Å²) >= 11 is 0. The Hall–Kier alpha value is -1.94. The Morgan fingerprint density at radius 2 is 2.03 bits per heavy atom. The van der Waals surface area contributed by atoms with Crippen LogP contribution in [0.1, 0.15) is 51.6 Å². The van der Waals surface area contributed by atoms with Gasteiger partial charge in [0.05, 0.1) is 12.0 Å². The Morgan fingerprint density at radius 1 is 1.27 bits per heavy atom. The average Bonchev–Trinajstić information content (AvgIpc) is 3.24. The van der Waals surface area contributed by atoms with Gasteiger partial charge in [0.25, 0.3) is 0 Å². The molecule has 1 aromatic rings. The van der Waals surface area contributed by atoms with Crippen LogP contribution < -0.4 is 10.2 Å². The summed E-state index contributed by atoms with van der Waals surface area (Å²) in [4.78, 5) is 24.9. The number of nitrogens with one attached hydrogen (secondary N) is 1. The third-order valence-electron chi connectivity index (χ3n) is 7.61. The van der Waals surface area contributed by atoms with Crippen molar-refractivity contribution in [3.05, 3.63) is 18.0 Å². The lowest BCUT2D eigenvalue weighted by Crippen LogP contribution is -2.53. The lowest BCUT2D eigenvalue weighted by molar-refractivity contribution is -0.142. The lowest BCUT2D eigenvalue weighted by Gasteiger charge is -2.40. The normalized spacial score (nSPS) is 31.1. The van der Waals surface area contributed by atoms with Crippen LogP contribution in [0.15, 0.2) is 12.3 Å². The number of carbonyl (C=O) groups excluding carboxylic acids is 1. The molecule has 2 aliphatic heterocycles. The van der Waals surface area contributed by atoms with E-state index in [9.17, 15) is 18.0 Å². The maximum absolute atomic E-state index is 13.6. The van der Waals surface area contributed by atoms with Crippen LogP contribution in [0.25, 0.3) is 0 Å². The van der Waals surface area contributed by atoms with E-state index in [2.05, 4.69) is 29.1 Å². The highest BCUT2D eigenvalue weighted by Crippen LogP contribution is 2.43. The summed E-state index contributed by atoms with van der Waals surface area (Å²) in [5.41, 5.74) is -1.31. The van der Waals surface area contributed by atoms with Crippen molar-refractivity contribution >= 4 is 11.9 Å². The van der Waals surface area contributed by atoms with Gasteiger partial charge in [-0.15, -0.1) is 0 Å². The predicted molar refractivity (Wildman–Crippen MR) is 118 cm³/mol. The van der Waals surface area contributed by atoms with E-state index in [0.717, 1.165) is 57.6 Å². The van der Waals surface area contributed by atoms with Gasteiger partial charge < -0.3 is 19.9 Å². The monoisotopic (exact) mass is 469 g/mol. The number of nitrogens with zero attached hydrogens (tertiary/aromatic N) is 4. The fraction of sp³-hybridized carbons (Fsp3) is 0.783. The molecule has 3 heterocycles. The fourth-order valence-corrected chi connectivity index (χ4v) is 5.47. The Labute approximate surface area is 193 Å². The predicted octanol–water partition coefficient (Wildman–Crippen LogP) is 3.11. The minimum Gasteiger partial charge on any atom is -0.381 e. The Bertz CT molecular complexity index is 831. The van der Waals surface area contributed by atoms with Crippen LogP contribution in [0.4, 0.5) is 19.1 Å². The molecular weight excluding hydrogens is 435 g/mol. The molecule has 7 nitrogen and oxygen atoms in total. The van der Waals surface area contributed by atoms with E-state index in [0.29, 0.717) is 44.2 Å². The summed E-state index contributed by atoms with van der Waals surface area (Å²) in [6, 6.07) is 1.64. The fourth-order valence-electron chi connectivity index (χ4n) is 5.47. The highest BCUT2D eigenvalue weighted by Gasteiger charge is 2.47. The molecule has 1 saturated carbocycles. The number of ether oxygens (including phenoxy) is 1. The number of piperazine rings is 1. The van der Waals surface area contributed by atoms with Gasteiger partial charge >= 0.3 is 6.18 Å². The molecule has 3 aliphatic rings. The molecule has 1 amide bonds. The number of carbonyl (C=O) groups is 1. The van der Waals surface area contributed by atoms with Gasteiger partial charge in [-0.3, -0.25) is 4.79 Å². The van der Waals surface area contributed by atoms with Crippen molar-refractivity contribution in [1.82, 2.24) is 20.2 Å². The molecule has 0 bridgehead atoms. The zero-order valence-electron chi connectivity index (χ0n) is 19.4. The van der Waals surface area contributed by atoms with Gasteiger partial charge in [0, 0.05) is 51.1 Å². The molecule has 3 fully saturated rings. The van der Waals surface area contributed by atoms with Gasteiger partial charge in [0.15, 0.2) is 0 Å². The number of amides is 1. The van der Waals surface area contributed by atoms with Gasteiger partial charge in [0.2, 0.25) is 11.9 Å². The number of hydrogen-bond acceptors (Lipinski definition) is 6. The zero-order valence-corrected chi connectivity index (χ0v) is 19.4. The molecule has 184 valence electrons. The van der Waals surface area contributed by atoms with Crippen LogP contribution in [-0.2, 0) is 15.7 Å². The first-order valence-electron chi connectivity index (χ1n) is 12.0. The Balaban J connectivity index is 1.35. The molecule has 2 saturated heterocycles. The minimum absolute atomic E-state index is 0.0674. The molecule has 1 aromatic heterocycles. The van der Waals surface area contributed by atoms with Gasteiger partial charge in [-0.2, -0.15) is 13.2 Å². The number of hydrogen-bond donors (Lipinski definition) is 1. The summed E-state index contributed by atoms with van der Waals surface area (Å²) in [6.07, 6.45) is 1.13. The SMILES string of the molecule is CCC1(C(=O)N2CCN(c3nccc(C(F)(F)F)n3)CC2)CC[C@@H](N[C@@H]2CCOC[C@H]2C)C1. The summed E-state index contributed by atoms with van der Waals surface area (Å²) in [5.74, 6) is 0.717. The van der Waals surface area contributed by atoms with Crippen LogP contribution in [0.3, 0.4) is 0 Å². The van der Waals surface area contributed by atoms with Crippen molar-refractivity contribution < 1.29 is 22.7 Å². The zero-order chi connectivity index (χ0) is 23.6. The van der Waals surface area contributed by atoms with Crippen LogP contribution in [-0.4, -0.2) is 72.3 Å². The van der Waals surface area contributed by atoms with Crippen molar-refractivity contribution in [2.75, 3.05) is 44.3 Å². The Kier molecular flexibility index (Phi) is 7.14. The number of rotatable bonds is 5. The van der Waals surface area contributed by atoms with Crippen molar-refractivity contribution in [2.24, 2.45) is 11.3 Å². The first-order valence-corrected chi connectivity index (χ1v) is 12.0. The molecule has 1 N–H and O–H groups in total. The largest absolute Gasteiger partial charge is 0.433 e. The standard InChI is InChI=1S/C23H34F3N5O2/c1-3-22(7-4-17(14-22)28-18-6-13-33-15-16(18)2)20(32)30-9-11-31(12-10-30)21-27-8-5-19(29-21)23(24,25)26/h5,8,16-18,28H,3-4,6-7,9-15H2,1-2H3/t16-,17-,18-,22?/m1/s1. The van der Waals surface area contributed by atoms with E-state index in [1.54, 1.807) is 4.90 Å². The quantitative estimate of drug-likeness (QED) is 0.715. The molecule has 0 radical (unpaired) electrons. The second kappa shape index (κ2) is 9.74. The smallest absolute Gasteiger partial charge is 0.381 e. The molecule has 33 heavy (non-hydrogen) atoms. The summed E-state index contributed by atoms with van der Waals surface area (Å²) in [5, 5.41) is 3.79. The second-order valence-corrected chi connectivity index (χ2v) is 9.71. The van der Waals surface area contributed by atoms with Crippen LogP contribution >= 0.6 is 0 Å². The third-order valence-corrected chi connectivity index (χ3v) is 7.61. The van der Waals surface area contributed by atoms with Gasteiger partial charge in [-0.25, -0.2) is 9.97 Å². The van der Waals surface area contributed by atoms with Crippen molar-refractivity contribution in [3.8, 4) is 0 Å². The molecule has 0 spiro atoms. The maximum Gasteiger partial charge on any atom is 0.433 e. The molecule has 4 atom stereocenters. The van der Waals surface area contributed by atoms with Crippen molar-refractivity contribution in [2.45, 2.75) is 64.2 Å². The van der Waals surface area contributed by atoms with E-state index in [1.807, 2.05) is 4.90 Å². The summed E-state index contributed by atoms with van der Waals surface area (Å²) in [6.45, 7) is 7.64. The minimum atomic E-state index is -4.50. The van der Waals surface area contributed by atoms with Crippen LogP contribution in [0.5, 0.6) is 0 Å². The van der Waals surface area contributed by atoms with Crippen molar-refractivity contribution in [1.29, 1.82) is 0 Å². The number of aromatic nitrogens is 2. The molecule has 1 aliphatic carbocycles. The molecular formula is C23H34F3N5O2. The van der Waals surface area contributed by atoms with Crippen molar-refractivity contribution in [3.63, 3.8) is 0 Å². The highest BCUT2D eigenvalue weighted by atomic mass is 19.4.